The summed E-state index contributed by atoms with van der Waals surface area (Å²) in [5, 5.41) is 3.49. The Balaban J connectivity index is 1.33. The molecule has 4 aromatic rings. The van der Waals surface area contributed by atoms with Crippen LogP contribution in [0.3, 0.4) is 0 Å². The Kier molecular flexibility index (Phi) is 7.97. The van der Waals surface area contributed by atoms with Gasteiger partial charge in [-0.1, -0.05) is 30.3 Å². The van der Waals surface area contributed by atoms with E-state index >= 15 is 4.39 Å². The summed E-state index contributed by atoms with van der Waals surface area (Å²) in [5.74, 6) is 0.0322. The molecular weight excluding hydrogens is 563 g/mol. The number of esters is 1. The maximum absolute atomic E-state index is 16.0. The summed E-state index contributed by atoms with van der Waals surface area (Å²) in [4.78, 5) is 26.0. The zero-order valence-electron chi connectivity index (χ0n) is 25.4. The smallest absolute Gasteiger partial charge is 0.407 e. The van der Waals surface area contributed by atoms with Crippen LogP contribution in [0.25, 0.3) is 22.1 Å². The SMILES string of the molecule is CC(=O)OCCc1cccc2c1OC(c1cc(-c3cccc(CNC(=O)OC(C)(C)C)c3F)c3occc3c1)CN2C1CC1. The highest BCUT2D eigenvalue weighted by Gasteiger charge is 2.37. The Morgan fingerprint density at radius 2 is 1.82 bits per heavy atom. The predicted molar refractivity (Wildman–Crippen MR) is 165 cm³/mol. The first kappa shape index (κ1) is 29.5. The number of rotatable bonds is 8. The number of carbonyl (C=O) groups excluding carboxylic acids is 2. The van der Waals surface area contributed by atoms with Crippen LogP contribution in [0.1, 0.15) is 63.3 Å². The monoisotopic (exact) mass is 600 g/mol. The number of para-hydroxylation sites is 1. The highest BCUT2D eigenvalue weighted by Crippen LogP contribution is 2.46. The van der Waals surface area contributed by atoms with Crippen molar-refractivity contribution >= 4 is 28.7 Å². The molecule has 1 atom stereocenters. The molecule has 9 heteroatoms. The van der Waals surface area contributed by atoms with E-state index in [0.29, 0.717) is 41.3 Å². The molecule has 1 aromatic heterocycles. The molecule has 230 valence electrons. The molecule has 8 nitrogen and oxygen atoms in total. The summed E-state index contributed by atoms with van der Waals surface area (Å²) < 4.78 is 39.2. The van der Waals surface area contributed by atoms with Gasteiger partial charge in [0.05, 0.1) is 25.1 Å². The van der Waals surface area contributed by atoms with Gasteiger partial charge >= 0.3 is 12.1 Å². The lowest BCUT2D eigenvalue weighted by atomic mass is 9.95. The van der Waals surface area contributed by atoms with E-state index < -0.39 is 17.5 Å². The van der Waals surface area contributed by atoms with E-state index in [2.05, 4.69) is 16.3 Å². The first-order chi connectivity index (χ1) is 21.1. The second-order valence-corrected chi connectivity index (χ2v) is 12.4. The Hall–Kier alpha value is -4.53. The third kappa shape index (κ3) is 6.37. The molecule has 0 radical (unpaired) electrons. The molecule has 1 aliphatic carbocycles. The summed E-state index contributed by atoms with van der Waals surface area (Å²) in [6, 6.07) is 17.5. The van der Waals surface area contributed by atoms with Gasteiger partial charge in [-0.25, -0.2) is 9.18 Å². The molecule has 3 aromatic carbocycles. The second-order valence-electron chi connectivity index (χ2n) is 12.4. The summed E-state index contributed by atoms with van der Waals surface area (Å²) in [7, 11) is 0. The lowest BCUT2D eigenvalue weighted by Gasteiger charge is -2.38. The molecule has 1 N–H and O–H groups in total. The standard InChI is InChI=1S/C35H37FN2O6/c1-21(39)41-15-13-22-7-6-10-29-33(22)43-30(20-38(29)26-11-12-26)25-17-23-14-16-42-32(23)28(18-25)27-9-5-8-24(31(27)36)19-37-34(40)44-35(2,3)4/h5-10,14,16-18,26,30H,11-13,15,19-20H2,1-4H3,(H,37,40). The van der Waals surface area contributed by atoms with Crippen molar-refractivity contribution in [2.45, 2.75) is 71.2 Å². The number of nitrogens with one attached hydrogen (secondary N) is 1. The second kappa shape index (κ2) is 11.9. The van der Waals surface area contributed by atoms with E-state index in [1.165, 1.54) is 6.92 Å². The average Bonchev–Trinajstić information content (AvgIpc) is 3.71. The van der Waals surface area contributed by atoms with Crippen LogP contribution in [0.4, 0.5) is 14.9 Å². The van der Waals surface area contributed by atoms with E-state index in [0.717, 1.165) is 40.8 Å². The molecule has 1 aliphatic heterocycles. The van der Waals surface area contributed by atoms with E-state index in [9.17, 15) is 9.59 Å². The van der Waals surface area contributed by atoms with Crippen LogP contribution in [-0.2, 0) is 27.2 Å². The van der Waals surface area contributed by atoms with Crippen molar-refractivity contribution in [1.82, 2.24) is 5.32 Å². The van der Waals surface area contributed by atoms with Crippen LogP contribution in [0.2, 0.25) is 0 Å². The molecule has 0 spiro atoms. The van der Waals surface area contributed by atoms with Crippen molar-refractivity contribution in [2.24, 2.45) is 0 Å². The fourth-order valence-corrected chi connectivity index (χ4v) is 5.69. The Bertz CT molecular complexity index is 1700. The van der Waals surface area contributed by atoms with Gasteiger partial charge in [0.2, 0.25) is 0 Å². The third-order valence-corrected chi connectivity index (χ3v) is 7.81. The number of anilines is 1. The van der Waals surface area contributed by atoms with Gasteiger partial charge in [-0.2, -0.15) is 0 Å². The fourth-order valence-electron chi connectivity index (χ4n) is 5.69. The van der Waals surface area contributed by atoms with Gasteiger partial charge < -0.3 is 28.8 Å². The predicted octanol–water partition coefficient (Wildman–Crippen LogP) is 7.47. The molecule has 1 saturated carbocycles. The lowest BCUT2D eigenvalue weighted by Crippen LogP contribution is -2.37. The quantitative estimate of drug-likeness (QED) is 0.210. The number of fused-ring (bicyclic) bond motifs is 2. The number of amides is 1. The third-order valence-electron chi connectivity index (χ3n) is 7.81. The van der Waals surface area contributed by atoms with E-state index in [-0.39, 0.29) is 25.2 Å². The van der Waals surface area contributed by atoms with Crippen LogP contribution in [0.15, 0.2) is 65.3 Å². The number of carbonyl (C=O) groups is 2. The number of halogens is 1. The molecule has 6 rings (SSSR count). The molecule has 2 heterocycles. The molecule has 44 heavy (non-hydrogen) atoms. The molecular formula is C35H37FN2O6. The van der Waals surface area contributed by atoms with Crippen molar-refractivity contribution in [3.8, 4) is 16.9 Å². The molecule has 2 aliphatic rings. The van der Waals surface area contributed by atoms with Crippen molar-refractivity contribution in [3.63, 3.8) is 0 Å². The molecule has 1 unspecified atom stereocenters. The normalized spacial score (nSPS) is 16.3. The molecule has 0 bridgehead atoms. The molecule has 1 fully saturated rings. The van der Waals surface area contributed by atoms with E-state index in [4.69, 9.17) is 18.6 Å². The highest BCUT2D eigenvalue weighted by atomic mass is 19.1. The summed E-state index contributed by atoms with van der Waals surface area (Å²) in [6.07, 6.45) is 3.44. The Morgan fingerprint density at radius 1 is 1.05 bits per heavy atom. The number of nitrogens with zero attached hydrogens (tertiary/aromatic N) is 1. The van der Waals surface area contributed by atoms with Gasteiger partial charge in [-0.05, 0) is 69.0 Å². The topological polar surface area (TPSA) is 90.2 Å². The number of ether oxygens (including phenoxy) is 3. The van der Waals surface area contributed by atoms with Crippen LogP contribution in [0, 0.1) is 5.82 Å². The molecule has 0 saturated heterocycles. The van der Waals surface area contributed by atoms with Gasteiger partial charge in [-0.15, -0.1) is 0 Å². The zero-order valence-corrected chi connectivity index (χ0v) is 25.4. The largest absolute Gasteiger partial charge is 0.481 e. The van der Waals surface area contributed by atoms with Gasteiger partial charge in [0.1, 0.15) is 28.9 Å². The first-order valence-electron chi connectivity index (χ1n) is 15.0. The van der Waals surface area contributed by atoms with Crippen LogP contribution in [-0.4, -0.2) is 36.9 Å². The number of furan rings is 1. The maximum atomic E-state index is 16.0. The van der Waals surface area contributed by atoms with Crippen molar-refractivity contribution < 1.29 is 32.6 Å². The summed E-state index contributed by atoms with van der Waals surface area (Å²) >= 11 is 0. The first-order valence-corrected chi connectivity index (χ1v) is 15.0. The zero-order chi connectivity index (χ0) is 31.0. The summed E-state index contributed by atoms with van der Waals surface area (Å²) in [5.41, 5.74) is 4.14. The van der Waals surface area contributed by atoms with Crippen molar-refractivity contribution in [1.29, 1.82) is 0 Å². The minimum absolute atomic E-state index is 0.0233. The highest BCUT2D eigenvalue weighted by molar-refractivity contribution is 5.93. The van der Waals surface area contributed by atoms with Crippen LogP contribution >= 0.6 is 0 Å². The van der Waals surface area contributed by atoms with Crippen molar-refractivity contribution in [2.75, 3.05) is 18.1 Å². The van der Waals surface area contributed by atoms with Gasteiger partial charge in [0, 0.05) is 48.0 Å². The van der Waals surface area contributed by atoms with Gasteiger partial charge in [0.25, 0.3) is 0 Å². The average molecular weight is 601 g/mol. The number of hydrogen-bond donors (Lipinski definition) is 1. The van der Waals surface area contributed by atoms with Crippen LogP contribution in [0.5, 0.6) is 5.75 Å². The maximum Gasteiger partial charge on any atom is 0.407 e. The summed E-state index contributed by atoms with van der Waals surface area (Å²) in [6.45, 7) is 7.63. The molecule has 1 amide bonds. The van der Waals surface area contributed by atoms with Gasteiger partial charge in [0.15, 0.2) is 0 Å². The number of benzene rings is 3. The number of hydrogen-bond acceptors (Lipinski definition) is 7. The van der Waals surface area contributed by atoms with Crippen LogP contribution < -0.4 is 15.0 Å². The van der Waals surface area contributed by atoms with Gasteiger partial charge in [-0.3, -0.25) is 4.79 Å². The minimum Gasteiger partial charge on any atom is -0.481 e. The Labute approximate surface area is 256 Å². The fraction of sp³-hybridized carbons (Fsp3) is 0.371. The van der Waals surface area contributed by atoms with E-state index in [1.807, 2.05) is 30.3 Å². The lowest BCUT2D eigenvalue weighted by molar-refractivity contribution is -0.140. The van der Waals surface area contributed by atoms with E-state index in [1.54, 1.807) is 45.2 Å². The minimum atomic E-state index is -0.657. The number of alkyl carbamates (subject to hydrolysis) is 1. The Morgan fingerprint density at radius 3 is 2.57 bits per heavy atom. The van der Waals surface area contributed by atoms with Crippen molar-refractivity contribution in [3.05, 3.63) is 83.4 Å².